The van der Waals surface area contributed by atoms with E-state index in [1.165, 1.54) is 11.3 Å². The van der Waals surface area contributed by atoms with Crippen LogP contribution in [0.4, 0.5) is 5.69 Å². The number of aryl methyl sites for hydroxylation is 1. The topological polar surface area (TPSA) is 52.7 Å². The largest absolute Gasteiger partial charge is 0.378 e. The van der Waals surface area contributed by atoms with Gasteiger partial charge in [-0.15, -0.1) is 0 Å². The lowest BCUT2D eigenvalue weighted by atomic mass is 10.0. The van der Waals surface area contributed by atoms with Crippen LogP contribution in [-0.4, -0.2) is 46.5 Å². The number of anilines is 1. The molecule has 5 nitrogen and oxygen atoms in total. The number of piperidine rings is 1. The van der Waals surface area contributed by atoms with Crippen LogP contribution in [0.2, 0.25) is 0 Å². The van der Waals surface area contributed by atoms with Crippen molar-refractivity contribution < 1.29 is 8.42 Å². The van der Waals surface area contributed by atoms with Gasteiger partial charge < -0.3 is 4.90 Å². The molecule has 1 aromatic rings. The number of nitrogens with one attached hydrogen (secondary N) is 1. The normalized spacial score (nSPS) is 19.7. The van der Waals surface area contributed by atoms with Crippen molar-refractivity contribution in [2.24, 2.45) is 5.92 Å². The molecule has 1 atom stereocenters. The molecule has 1 aliphatic heterocycles. The first-order valence-electron chi connectivity index (χ1n) is 8.39. The van der Waals surface area contributed by atoms with Crippen molar-refractivity contribution in [1.29, 1.82) is 0 Å². The standard InChI is InChI=1S/C17H29N3O2S/c1-15-6-5-13-20(14-15)23(21,22)18-12-4-7-16-8-10-17(11-9-16)19(2)3/h8-11,15,18H,4-7,12-14H2,1-3H3/t15-/m0/s1. The average molecular weight is 340 g/mol. The smallest absolute Gasteiger partial charge is 0.279 e. The minimum Gasteiger partial charge on any atom is -0.378 e. The maximum atomic E-state index is 12.3. The highest BCUT2D eigenvalue weighted by molar-refractivity contribution is 7.87. The maximum absolute atomic E-state index is 12.3. The summed E-state index contributed by atoms with van der Waals surface area (Å²) in [6.45, 7) is 3.88. The fraction of sp³-hybridized carbons (Fsp3) is 0.647. The predicted octanol–water partition coefficient (Wildman–Crippen LogP) is 2.25. The van der Waals surface area contributed by atoms with Crippen LogP contribution >= 0.6 is 0 Å². The molecule has 0 saturated carbocycles. The van der Waals surface area contributed by atoms with E-state index in [9.17, 15) is 8.42 Å². The van der Waals surface area contributed by atoms with Crippen molar-refractivity contribution in [1.82, 2.24) is 9.03 Å². The second kappa shape index (κ2) is 8.13. The highest BCUT2D eigenvalue weighted by atomic mass is 32.2. The first-order chi connectivity index (χ1) is 10.9. The molecule has 0 bridgehead atoms. The van der Waals surface area contributed by atoms with E-state index in [0.717, 1.165) is 25.7 Å². The summed E-state index contributed by atoms with van der Waals surface area (Å²) in [5.74, 6) is 0.454. The molecule has 1 saturated heterocycles. The van der Waals surface area contributed by atoms with E-state index >= 15 is 0 Å². The Morgan fingerprint density at radius 3 is 2.57 bits per heavy atom. The second-order valence-corrected chi connectivity index (χ2v) is 8.42. The van der Waals surface area contributed by atoms with Crippen LogP contribution in [0.25, 0.3) is 0 Å². The van der Waals surface area contributed by atoms with Crippen LogP contribution in [-0.2, 0) is 16.6 Å². The minimum absolute atomic E-state index is 0.454. The van der Waals surface area contributed by atoms with Gasteiger partial charge in [0.25, 0.3) is 10.2 Å². The summed E-state index contributed by atoms with van der Waals surface area (Å²) in [6, 6.07) is 8.40. The minimum atomic E-state index is -3.31. The molecule has 1 aliphatic rings. The number of hydrogen-bond acceptors (Lipinski definition) is 3. The Labute approximate surface area is 140 Å². The summed E-state index contributed by atoms with van der Waals surface area (Å²) < 4.78 is 28.9. The van der Waals surface area contributed by atoms with Gasteiger partial charge in [0, 0.05) is 39.4 Å². The van der Waals surface area contributed by atoms with Gasteiger partial charge in [-0.1, -0.05) is 19.1 Å². The lowest BCUT2D eigenvalue weighted by molar-refractivity contribution is 0.278. The highest BCUT2D eigenvalue weighted by Gasteiger charge is 2.26. The summed E-state index contributed by atoms with van der Waals surface area (Å²) in [5.41, 5.74) is 2.41. The first-order valence-corrected chi connectivity index (χ1v) is 9.83. The van der Waals surface area contributed by atoms with Crippen molar-refractivity contribution in [3.8, 4) is 0 Å². The summed E-state index contributed by atoms with van der Waals surface area (Å²) in [6.07, 6.45) is 3.77. The van der Waals surface area contributed by atoms with Gasteiger partial charge in [-0.3, -0.25) is 0 Å². The molecule has 2 rings (SSSR count). The predicted molar refractivity (Wildman–Crippen MR) is 96.0 cm³/mol. The molecular formula is C17H29N3O2S. The van der Waals surface area contributed by atoms with Gasteiger partial charge in [0.05, 0.1) is 0 Å². The Kier molecular flexibility index (Phi) is 6.44. The maximum Gasteiger partial charge on any atom is 0.279 e. The van der Waals surface area contributed by atoms with E-state index in [4.69, 9.17) is 0 Å². The van der Waals surface area contributed by atoms with Crippen LogP contribution in [0, 0.1) is 5.92 Å². The van der Waals surface area contributed by atoms with E-state index in [1.54, 1.807) is 4.31 Å². The SMILES string of the molecule is C[C@H]1CCCN(S(=O)(=O)NCCCc2ccc(N(C)C)cc2)C1. The second-order valence-electron chi connectivity index (χ2n) is 6.67. The van der Waals surface area contributed by atoms with Crippen molar-refractivity contribution in [2.45, 2.75) is 32.6 Å². The van der Waals surface area contributed by atoms with E-state index in [0.29, 0.717) is 25.6 Å². The Morgan fingerprint density at radius 1 is 1.26 bits per heavy atom. The third-order valence-corrected chi connectivity index (χ3v) is 5.92. The molecular weight excluding hydrogens is 310 g/mol. The zero-order chi connectivity index (χ0) is 16.9. The van der Waals surface area contributed by atoms with E-state index in [1.807, 2.05) is 14.1 Å². The molecule has 6 heteroatoms. The Bertz CT molecular complexity index is 584. The van der Waals surface area contributed by atoms with E-state index in [2.05, 4.69) is 40.8 Å². The molecule has 1 heterocycles. The van der Waals surface area contributed by atoms with Crippen molar-refractivity contribution in [3.63, 3.8) is 0 Å². The number of hydrogen-bond donors (Lipinski definition) is 1. The molecule has 0 unspecified atom stereocenters. The summed E-state index contributed by atoms with van der Waals surface area (Å²) in [7, 11) is 0.726. The molecule has 0 radical (unpaired) electrons. The molecule has 1 aromatic carbocycles. The highest BCUT2D eigenvalue weighted by Crippen LogP contribution is 2.17. The van der Waals surface area contributed by atoms with Gasteiger partial charge in [0.2, 0.25) is 0 Å². The van der Waals surface area contributed by atoms with Crippen LogP contribution in [0.3, 0.4) is 0 Å². The zero-order valence-corrected chi connectivity index (χ0v) is 15.3. The zero-order valence-electron chi connectivity index (χ0n) is 14.5. The molecule has 130 valence electrons. The van der Waals surface area contributed by atoms with Gasteiger partial charge in [0.15, 0.2) is 0 Å². The van der Waals surface area contributed by atoms with Gasteiger partial charge >= 0.3 is 0 Å². The lowest BCUT2D eigenvalue weighted by Crippen LogP contribution is -2.45. The van der Waals surface area contributed by atoms with Crippen molar-refractivity contribution >= 4 is 15.9 Å². The molecule has 0 aliphatic carbocycles. The van der Waals surface area contributed by atoms with Gasteiger partial charge in [-0.2, -0.15) is 12.7 Å². The summed E-state index contributed by atoms with van der Waals surface area (Å²) in [4.78, 5) is 2.07. The van der Waals surface area contributed by atoms with Crippen LogP contribution in [0.5, 0.6) is 0 Å². The third-order valence-electron chi connectivity index (χ3n) is 4.34. The van der Waals surface area contributed by atoms with E-state index in [-0.39, 0.29) is 0 Å². The quantitative estimate of drug-likeness (QED) is 0.775. The van der Waals surface area contributed by atoms with E-state index < -0.39 is 10.2 Å². The molecule has 1 fully saturated rings. The van der Waals surface area contributed by atoms with Crippen molar-refractivity contribution in [2.75, 3.05) is 38.6 Å². The summed E-state index contributed by atoms with van der Waals surface area (Å²) in [5, 5.41) is 0. The number of nitrogens with zero attached hydrogens (tertiary/aromatic N) is 2. The van der Waals surface area contributed by atoms with Crippen LogP contribution < -0.4 is 9.62 Å². The summed E-state index contributed by atoms with van der Waals surface area (Å²) >= 11 is 0. The molecule has 0 aromatic heterocycles. The van der Waals surface area contributed by atoms with Crippen molar-refractivity contribution in [3.05, 3.63) is 29.8 Å². The fourth-order valence-corrected chi connectivity index (χ4v) is 4.32. The molecule has 23 heavy (non-hydrogen) atoms. The molecule has 0 spiro atoms. The molecule has 1 N–H and O–H groups in total. The monoisotopic (exact) mass is 339 g/mol. The van der Waals surface area contributed by atoms with Crippen LogP contribution in [0.15, 0.2) is 24.3 Å². The fourth-order valence-electron chi connectivity index (χ4n) is 2.91. The molecule has 0 amide bonds. The van der Waals surface area contributed by atoms with Gasteiger partial charge in [-0.05, 0) is 49.3 Å². The lowest BCUT2D eigenvalue weighted by Gasteiger charge is -2.29. The third kappa shape index (κ3) is 5.48. The number of rotatable bonds is 7. The average Bonchev–Trinajstić information content (AvgIpc) is 2.52. The van der Waals surface area contributed by atoms with Crippen LogP contribution in [0.1, 0.15) is 31.7 Å². The first kappa shape index (κ1) is 18.2. The Morgan fingerprint density at radius 2 is 1.96 bits per heavy atom. The number of benzene rings is 1. The Hall–Kier alpha value is -1.11. The van der Waals surface area contributed by atoms with Gasteiger partial charge in [0.1, 0.15) is 0 Å². The Balaban J connectivity index is 1.76. The van der Waals surface area contributed by atoms with Gasteiger partial charge in [-0.25, -0.2) is 4.72 Å².